The summed E-state index contributed by atoms with van der Waals surface area (Å²) in [7, 11) is 1.41. The molecule has 1 aliphatic rings. The van der Waals surface area contributed by atoms with Gasteiger partial charge in [-0.3, -0.25) is 14.9 Å². The second kappa shape index (κ2) is 6.56. The zero-order valence-electron chi connectivity index (χ0n) is 12.3. The van der Waals surface area contributed by atoms with Crippen LogP contribution in [-0.2, 0) is 9.53 Å². The van der Waals surface area contributed by atoms with Crippen LogP contribution in [0.2, 0.25) is 0 Å². The van der Waals surface area contributed by atoms with Gasteiger partial charge in [-0.15, -0.1) is 0 Å². The van der Waals surface area contributed by atoms with Crippen molar-refractivity contribution in [3.63, 3.8) is 0 Å². The third-order valence-corrected chi connectivity index (χ3v) is 4.06. The van der Waals surface area contributed by atoms with Gasteiger partial charge in [0.1, 0.15) is 5.69 Å². The smallest absolute Gasteiger partial charge is 0.308 e. The first-order chi connectivity index (χ1) is 10.0. The number of anilines is 1. The van der Waals surface area contributed by atoms with Crippen LogP contribution in [0.15, 0.2) is 18.2 Å². The molecule has 0 bridgehead atoms. The van der Waals surface area contributed by atoms with Gasteiger partial charge in [-0.2, -0.15) is 0 Å². The van der Waals surface area contributed by atoms with E-state index in [1.165, 1.54) is 13.2 Å². The summed E-state index contributed by atoms with van der Waals surface area (Å²) in [6, 6.07) is 5.21. The van der Waals surface area contributed by atoms with Crippen LogP contribution in [0.4, 0.5) is 11.4 Å². The fraction of sp³-hybridized carbons (Fsp3) is 0.533. The van der Waals surface area contributed by atoms with Crippen LogP contribution in [0.25, 0.3) is 0 Å². The molecule has 1 saturated carbocycles. The molecule has 0 heterocycles. The Hall–Kier alpha value is -2.11. The van der Waals surface area contributed by atoms with E-state index in [0.29, 0.717) is 5.69 Å². The Morgan fingerprint density at radius 1 is 1.33 bits per heavy atom. The quantitative estimate of drug-likeness (QED) is 0.524. The summed E-state index contributed by atoms with van der Waals surface area (Å²) in [5.41, 5.74) is 1.55. The van der Waals surface area contributed by atoms with Gasteiger partial charge < -0.3 is 10.1 Å². The highest BCUT2D eigenvalue weighted by molar-refractivity contribution is 5.72. The molecule has 6 nitrogen and oxygen atoms in total. The lowest BCUT2D eigenvalue weighted by Crippen LogP contribution is -2.30. The molecule has 1 aromatic carbocycles. The fourth-order valence-electron chi connectivity index (χ4n) is 2.84. The van der Waals surface area contributed by atoms with Crippen molar-refractivity contribution in [2.24, 2.45) is 5.92 Å². The van der Waals surface area contributed by atoms with Gasteiger partial charge in [0.2, 0.25) is 0 Å². The van der Waals surface area contributed by atoms with E-state index in [4.69, 9.17) is 4.74 Å². The average molecular weight is 292 g/mol. The lowest BCUT2D eigenvalue weighted by atomic mass is 9.86. The zero-order chi connectivity index (χ0) is 15.4. The fourth-order valence-corrected chi connectivity index (χ4v) is 2.84. The molecule has 0 saturated heterocycles. The maximum absolute atomic E-state index is 11.5. The maximum atomic E-state index is 11.5. The molecule has 114 valence electrons. The van der Waals surface area contributed by atoms with Gasteiger partial charge in [0.05, 0.1) is 18.0 Å². The largest absolute Gasteiger partial charge is 0.469 e. The van der Waals surface area contributed by atoms with E-state index in [2.05, 4.69) is 5.32 Å². The highest BCUT2D eigenvalue weighted by Gasteiger charge is 2.28. The predicted molar refractivity (Wildman–Crippen MR) is 79.2 cm³/mol. The lowest BCUT2D eigenvalue weighted by molar-refractivity contribution is -0.384. The molecular formula is C15H20N2O4. The molecule has 6 heteroatoms. The molecule has 1 fully saturated rings. The minimum absolute atomic E-state index is 0.0418. The van der Waals surface area contributed by atoms with Crippen LogP contribution in [0.1, 0.15) is 31.2 Å². The summed E-state index contributed by atoms with van der Waals surface area (Å²) >= 11 is 0. The minimum atomic E-state index is -0.366. The van der Waals surface area contributed by atoms with Crippen molar-refractivity contribution in [2.45, 2.75) is 38.6 Å². The number of benzene rings is 1. The Labute approximate surface area is 123 Å². The highest BCUT2D eigenvalue weighted by Crippen LogP contribution is 2.32. The Bertz CT molecular complexity index is 536. The second-order valence-electron chi connectivity index (χ2n) is 5.44. The van der Waals surface area contributed by atoms with E-state index in [-0.39, 0.29) is 28.5 Å². The first kappa shape index (κ1) is 15.3. The molecule has 0 unspecified atom stereocenters. The molecule has 0 atom stereocenters. The third kappa shape index (κ3) is 3.51. The summed E-state index contributed by atoms with van der Waals surface area (Å²) in [4.78, 5) is 22.2. The van der Waals surface area contributed by atoms with Crippen LogP contribution in [0.3, 0.4) is 0 Å². The number of carbonyl (C=O) groups excluding carboxylic acids is 1. The minimum Gasteiger partial charge on any atom is -0.469 e. The molecule has 0 aliphatic heterocycles. The SMILES string of the molecule is COC(=O)C1CCC(Nc2c(C)cccc2[N+](=O)[O-])CC1. The van der Waals surface area contributed by atoms with Gasteiger partial charge in [-0.05, 0) is 38.2 Å². The normalized spacial score (nSPS) is 21.6. The van der Waals surface area contributed by atoms with Crippen molar-refractivity contribution in [1.29, 1.82) is 0 Å². The summed E-state index contributed by atoms with van der Waals surface area (Å²) < 4.78 is 4.76. The van der Waals surface area contributed by atoms with E-state index in [9.17, 15) is 14.9 Å². The molecule has 1 N–H and O–H groups in total. The molecule has 2 rings (SSSR count). The summed E-state index contributed by atoms with van der Waals surface area (Å²) in [5, 5.41) is 14.4. The van der Waals surface area contributed by atoms with Crippen LogP contribution in [0.5, 0.6) is 0 Å². The number of hydrogen-bond acceptors (Lipinski definition) is 5. The average Bonchev–Trinajstić information content (AvgIpc) is 2.49. The summed E-state index contributed by atoms with van der Waals surface area (Å²) in [6.07, 6.45) is 3.13. The van der Waals surface area contributed by atoms with E-state index in [1.54, 1.807) is 6.07 Å². The number of nitrogens with one attached hydrogen (secondary N) is 1. The molecule has 0 spiro atoms. The highest BCUT2D eigenvalue weighted by atomic mass is 16.6. The summed E-state index contributed by atoms with van der Waals surface area (Å²) in [6.45, 7) is 1.86. The van der Waals surface area contributed by atoms with Crippen molar-refractivity contribution in [2.75, 3.05) is 12.4 Å². The molecule has 0 aromatic heterocycles. The van der Waals surface area contributed by atoms with Crippen molar-refractivity contribution in [3.8, 4) is 0 Å². The molecule has 0 amide bonds. The van der Waals surface area contributed by atoms with Crippen LogP contribution in [-0.4, -0.2) is 24.0 Å². The number of nitro benzene ring substituents is 1. The monoisotopic (exact) mass is 292 g/mol. The van der Waals surface area contributed by atoms with Crippen molar-refractivity contribution < 1.29 is 14.5 Å². The van der Waals surface area contributed by atoms with Crippen molar-refractivity contribution >= 4 is 17.3 Å². The molecule has 21 heavy (non-hydrogen) atoms. The lowest BCUT2D eigenvalue weighted by Gasteiger charge is -2.28. The van der Waals surface area contributed by atoms with E-state index >= 15 is 0 Å². The van der Waals surface area contributed by atoms with Crippen LogP contribution >= 0.6 is 0 Å². The number of methoxy groups -OCH3 is 1. The molecule has 1 aromatic rings. The number of hydrogen-bond donors (Lipinski definition) is 1. The Balaban J connectivity index is 2.04. The number of nitro groups is 1. The van der Waals surface area contributed by atoms with E-state index in [0.717, 1.165) is 31.2 Å². The first-order valence-electron chi connectivity index (χ1n) is 7.11. The summed E-state index contributed by atoms with van der Waals surface area (Å²) in [5.74, 6) is -0.199. The standard InChI is InChI=1S/C15H20N2O4/c1-10-4-3-5-13(17(19)20)14(10)16-12-8-6-11(7-9-12)15(18)21-2/h3-5,11-12,16H,6-9H2,1-2H3. The van der Waals surface area contributed by atoms with E-state index in [1.807, 2.05) is 13.0 Å². The number of rotatable bonds is 4. The van der Waals surface area contributed by atoms with Crippen molar-refractivity contribution in [1.82, 2.24) is 0 Å². The molecule has 0 radical (unpaired) electrons. The van der Waals surface area contributed by atoms with Gasteiger partial charge in [-0.1, -0.05) is 12.1 Å². The van der Waals surface area contributed by atoms with E-state index < -0.39 is 0 Å². The number of esters is 1. The van der Waals surface area contributed by atoms with Gasteiger partial charge in [0.15, 0.2) is 0 Å². The molecular weight excluding hydrogens is 272 g/mol. The number of para-hydroxylation sites is 1. The third-order valence-electron chi connectivity index (χ3n) is 4.06. The maximum Gasteiger partial charge on any atom is 0.308 e. The Kier molecular flexibility index (Phi) is 4.77. The van der Waals surface area contributed by atoms with Crippen molar-refractivity contribution in [3.05, 3.63) is 33.9 Å². The molecule has 1 aliphatic carbocycles. The number of nitrogens with zero attached hydrogens (tertiary/aromatic N) is 1. The number of carbonyl (C=O) groups is 1. The number of ether oxygens (including phenoxy) is 1. The zero-order valence-corrected chi connectivity index (χ0v) is 12.3. The predicted octanol–water partition coefficient (Wildman–Crippen LogP) is 3.05. The Morgan fingerprint density at radius 2 is 2.00 bits per heavy atom. The Morgan fingerprint density at radius 3 is 2.57 bits per heavy atom. The van der Waals surface area contributed by atoms with Gasteiger partial charge >= 0.3 is 5.97 Å². The van der Waals surface area contributed by atoms with Crippen LogP contribution < -0.4 is 5.32 Å². The first-order valence-corrected chi connectivity index (χ1v) is 7.11. The number of aryl methyl sites for hydroxylation is 1. The van der Waals surface area contributed by atoms with Crippen LogP contribution in [0, 0.1) is 23.0 Å². The topological polar surface area (TPSA) is 81.5 Å². The van der Waals surface area contributed by atoms with Gasteiger partial charge in [0, 0.05) is 12.1 Å². The second-order valence-corrected chi connectivity index (χ2v) is 5.44. The van der Waals surface area contributed by atoms with Gasteiger partial charge in [-0.25, -0.2) is 0 Å². The van der Waals surface area contributed by atoms with Gasteiger partial charge in [0.25, 0.3) is 5.69 Å².